The van der Waals surface area contributed by atoms with Crippen molar-refractivity contribution in [1.82, 2.24) is 20.4 Å². The summed E-state index contributed by atoms with van der Waals surface area (Å²) in [4.78, 5) is 6.69. The lowest BCUT2D eigenvalue weighted by atomic mass is 9.92. The highest BCUT2D eigenvalue weighted by atomic mass is 35.5. The molecule has 0 amide bonds. The number of hydrogen-bond donors (Lipinski definition) is 1. The van der Waals surface area contributed by atoms with Crippen LogP contribution in [0.2, 0.25) is 5.02 Å². The molecule has 0 fully saturated rings. The first kappa shape index (κ1) is 21.3. The van der Waals surface area contributed by atoms with Gasteiger partial charge in [-0.15, -0.1) is 6.58 Å². The number of rotatable bonds is 5. The van der Waals surface area contributed by atoms with E-state index < -0.39 is 0 Å². The van der Waals surface area contributed by atoms with Crippen LogP contribution in [0.1, 0.15) is 35.5 Å². The van der Waals surface area contributed by atoms with E-state index in [9.17, 15) is 0 Å². The molecule has 31 heavy (non-hydrogen) atoms. The smallest absolute Gasteiger partial charge is 0.258 e. The first-order valence-electron chi connectivity index (χ1n) is 9.96. The summed E-state index contributed by atoms with van der Waals surface area (Å²) in [5.74, 6) is 0.962. The van der Waals surface area contributed by atoms with Crippen LogP contribution in [0.5, 0.6) is 0 Å². The van der Waals surface area contributed by atoms with Crippen LogP contribution >= 0.6 is 23.8 Å². The summed E-state index contributed by atoms with van der Waals surface area (Å²) < 4.78 is 5.74. The number of allylic oxidation sites excluding steroid dienone is 1. The van der Waals surface area contributed by atoms with Crippen LogP contribution in [0.25, 0.3) is 17.0 Å². The van der Waals surface area contributed by atoms with Gasteiger partial charge in [0.15, 0.2) is 5.11 Å². The minimum atomic E-state index is -0.202. The molecule has 1 unspecified atom stereocenters. The molecule has 7 heteroatoms. The molecule has 0 bridgehead atoms. The molecule has 2 heterocycles. The molecule has 2 aromatic carbocycles. The molecule has 0 saturated carbocycles. The molecule has 1 aromatic heterocycles. The Kier molecular flexibility index (Phi) is 5.94. The number of hydrogen-bond acceptors (Lipinski definition) is 4. The number of halogens is 1. The fourth-order valence-electron chi connectivity index (χ4n) is 3.65. The van der Waals surface area contributed by atoms with E-state index in [1.165, 1.54) is 11.1 Å². The Morgan fingerprint density at radius 1 is 1.16 bits per heavy atom. The van der Waals surface area contributed by atoms with Crippen molar-refractivity contribution in [2.75, 3.05) is 6.54 Å². The number of aryl methyl sites for hydroxylation is 2. The van der Waals surface area contributed by atoms with Crippen molar-refractivity contribution in [2.24, 2.45) is 0 Å². The van der Waals surface area contributed by atoms with E-state index in [0.717, 1.165) is 22.4 Å². The predicted octanol–water partition coefficient (Wildman–Crippen LogP) is 5.86. The minimum Gasteiger partial charge on any atom is -0.351 e. The second-order valence-electron chi connectivity index (χ2n) is 7.55. The van der Waals surface area contributed by atoms with Gasteiger partial charge in [0.1, 0.15) is 0 Å². The maximum atomic E-state index is 6.01. The van der Waals surface area contributed by atoms with Gasteiger partial charge in [-0.1, -0.05) is 41.0 Å². The summed E-state index contributed by atoms with van der Waals surface area (Å²) in [6.07, 6.45) is 1.82. The van der Waals surface area contributed by atoms with Crippen molar-refractivity contribution in [3.8, 4) is 11.4 Å². The number of aromatic nitrogens is 2. The van der Waals surface area contributed by atoms with Crippen molar-refractivity contribution in [3.63, 3.8) is 0 Å². The molecule has 4 rings (SSSR count). The monoisotopic (exact) mass is 450 g/mol. The summed E-state index contributed by atoms with van der Waals surface area (Å²) >= 11 is 11.7. The molecule has 158 valence electrons. The summed E-state index contributed by atoms with van der Waals surface area (Å²) in [6, 6.07) is 13.5. The lowest BCUT2D eigenvalue weighted by Crippen LogP contribution is -2.45. The Balaban J connectivity index is 1.83. The molecule has 3 aromatic rings. The van der Waals surface area contributed by atoms with Gasteiger partial charge >= 0.3 is 0 Å². The fourth-order valence-corrected chi connectivity index (χ4v) is 4.11. The summed E-state index contributed by atoms with van der Waals surface area (Å²) in [5, 5.41) is 8.97. The van der Waals surface area contributed by atoms with Gasteiger partial charge in [-0.2, -0.15) is 4.98 Å². The van der Waals surface area contributed by atoms with Gasteiger partial charge in [0.2, 0.25) is 5.82 Å². The zero-order valence-corrected chi connectivity index (χ0v) is 19.2. The second-order valence-corrected chi connectivity index (χ2v) is 8.38. The number of nitrogens with zero attached hydrogens (tertiary/aromatic N) is 3. The van der Waals surface area contributed by atoms with Crippen molar-refractivity contribution in [3.05, 3.63) is 88.4 Å². The highest BCUT2D eigenvalue weighted by molar-refractivity contribution is 7.80. The SMILES string of the molecule is C=CCN1C(=S)NC(c2ccc(C)c(C)c2)C(c2nc(-c3ccc(Cl)cc3)no2)=C1C. The molecule has 5 nitrogen and oxygen atoms in total. The zero-order valence-electron chi connectivity index (χ0n) is 17.6. The van der Waals surface area contributed by atoms with Gasteiger partial charge in [-0.05, 0) is 73.9 Å². The molecule has 0 radical (unpaired) electrons. The highest BCUT2D eigenvalue weighted by Gasteiger charge is 2.33. The van der Waals surface area contributed by atoms with Crippen LogP contribution in [0.4, 0.5) is 0 Å². The Morgan fingerprint density at radius 3 is 2.58 bits per heavy atom. The van der Waals surface area contributed by atoms with Crippen LogP contribution in [-0.2, 0) is 0 Å². The van der Waals surface area contributed by atoms with E-state index in [0.29, 0.717) is 28.4 Å². The average molecular weight is 451 g/mol. The topological polar surface area (TPSA) is 54.2 Å². The molecular formula is C24H23ClN4OS. The first-order chi connectivity index (χ1) is 14.9. The second kappa shape index (κ2) is 8.65. The molecule has 0 spiro atoms. The van der Waals surface area contributed by atoms with Crippen molar-refractivity contribution in [1.29, 1.82) is 0 Å². The van der Waals surface area contributed by atoms with Crippen LogP contribution in [-0.4, -0.2) is 26.7 Å². The van der Waals surface area contributed by atoms with E-state index in [1.54, 1.807) is 0 Å². The molecular weight excluding hydrogens is 428 g/mol. The summed E-state index contributed by atoms with van der Waals surface area (Å²) in [7, 11) is 0. The Labute approximate surface area is 192 Å². The van der Waals surface area contributed by atoms with Crippen molar-refractivity contribution < 1.29 is 4.52 Å². The van der Waals surface area contributed by atoms with Crippen LogP contribution in [0, 0.1) is 13.8 Å². The van der Waals surface area contributed by atoms with Gasteiger partial charge in [-0.3, -0.25) is 0 Å². The van der Waals surface area contributed by atoms with Crippen molar-refractivity contribution in [2.45, 2.75) is 26.8 Å². The molecule has 1 atom stereocenters. The molecule has 1 aliphatic heterocycles. The summed E-state index contributed by atoms with van der Waals surface area (Å²) in [5.41, 5.74) is 6.22. The quantitative estimate of drug-likeness (QED) is 0.388. The van der Waals surface area contributed by atoms with Gasteiger partial charge in [-0.25, -0.2) is 0 Å². The third-order valence-electron chi connectivity index (χ3n) is 5.53. The maximum absolute atomic E-state index is 6.01. The first-order valence-corrected chi connectivity index (χ1v) is 10.7. The average Bonchev–Trinajstić information content (AvgIpc) is 3.23. The largest absolute Gasteiger partial charge is 0.351 e. The maximum Gasteiger partial charge on any atom is 0.258 e. The summed E-state index contributed by atoms with van der Waals surface area (Å²) in [6.45, 7) is 10.7. The number of nitrogens with one attached hydrogen (secondary N) is 1. The van der Waals surface area contributed by atoms with Crippen LogP contribution in [0.15, 0.2) is 65.3 Å². The van der Waals surface area contributed by atoms with E-state index in [2.05, 4.69) is 49.1 Å². The van der Waals surface area contributed by atoms with E-state index >= 15 is 0 Å². The third kappa shape index (κ3) is 4.13. The van der Waals surface area contributed by atoms with Gasteiger partial charge in [0, 0.05) is 22.8 Å². The van der Waals surface area contributed by atoms with Crippen LogP contribution < -0.4 is 5.32 Å². The molecule has 0 aliphatic carbocycles. The molecule has 1 N–H and O–H groups in total. The van der Waals surface area contributed by atoms with E-state index in [1.807, 2.05) is 42.2 Å². The minimum absolute atomic E-state index is 0.202. The van der Waals surface area contributed by atoms with Gasteiger partial charge < -0.3 is 14.7 Å². The predicted molar refractivity (Wildman–Crippen MR) is 129 cm³/mol. The van der Waals surface area contributed by atoms with E-state index in [-0.39, 0.29) is 6.04 Å². The molecule has 0 saturated heterocycles. The fraction of sp³-hybridized carbons (Fsp3) is 0.208. The van der Waals surface area contributed by atoms with Crippen molar-refractivity contribution >= 4 is 34.5 Å². The van der Waals surface area contributed by atoms with Crippen LogP contribution in [0.3, 0.4) is 0 Å². The lowest BCUT2D eigenvalue weighted by Gasteiger charge is -2.37. The Hall–Kier alpha value is -2.96. The Bertz CT molecular complexity index is 1180. The highest BCUT2D eigenvalue weighted by Crippen LogP contribution is 2.37. The lowest BCUT2D eigenvalue weighted by molar-refractivity contribution is 0.399. The normalized spacial score (nSPS) is 16.5. The zero-order chi connectivity index (χ0) is 22.1. The third-order valence-corrected chi connectivity index (χ3v) is 6.12. The standard InChI is InChI=1S/C24H23ClN4OS/c1-5-12-29-16(4)20(21(26-24(29)31)18-7-6-14(2)15(3)13-18)23-27-22(28-30-23)17-8-10-19(25)11-9-17/h5-11,13,21H,1,12H2,2-4H3,(H,26,31). The van der Waals surface area contributed by atoms with E-state index in [4.69, 9.17) is 33.3 Å². The van der Waals surface area contributed by atoms with Gasteiger partial charge in [0.25, 0.3) is 5.89 Å². The molecule has 1 aliphatic rings. The van der Waals surface area contributed by atoms with Gasteiger partial charge in [0.05, 0.1) is 11.6 Å². The number of thiocarbonyl (C=S) groups is 1. The number of benzene rings is 2. The Morgan fingerprint density at radius 2 is 1.90 bits per heavy atom.